The first-order valence-electron chi connectivity index (χ1n) is 7.55. The molecule has 1 heterocycles. The summed E-state index contributed by atoms with van der Waals surface area (Å²) in [6.45, 7) is 0.175. The molecule has 7 heteroatoms. The molecular formula is C18H16ClN3O3. The Kier molecular flexibility index (Phi) is 5.00. The average Bonchev–Trinajstić information content (AvgIpc) is 3.10. The number of amides is 1. The zero-order valence-electron chi connectivity index (χ0n) is 13.8. The van der Waals surface area contributed by atoms with Crippen molar-refractivity contribution in [3.63, 3.8) is 0 Å². The molecular weight excluding hydrogens is 342 g/mol. The van der Waals surface area contributed by atoms with Gasteiger partial charge in [0.05, 0.1) is 19.2 Å². The fraction of sp³-hybridized carbons (Fsp3) is 0.167. The summed E-state index contributed by atoms with van der Waals surface area (Å²) >= 11 is 5.99. The molecule has 0 bridgehead atoms. The largest absolute Gasteiger partial charge is 0.496 e. The van der Waals surface area contributed by atoms with Crippen LogP contribution >= 0.6 is 11.6 Å². The number of halogens is 1. The number of hydrogen-bond acceptors (Lipinski definition) is 5. The average molecular weight is 358 g/mol. The zero-order valence-corrected chi connectivity index (χ0v) is 14.5. The van der Waals surface area contributed by atoms with Crippen molar-refractivity contribution in [3.05, 3.63) is 65.0 Å². The molecule has 1 amide bonds. The lowest BCUT2D eigenvalue weighted by molar-refractivity contribution is 0.0769. The van der Waals surface area contributed by atoms with Gasteiger partial charge in [-0.15, -0.1) is 10.2 Å². The first-order valence-corrected chi connectivity index (χ1v) is 7.93. The van der Waals surface area contributed by atoms with Gasteiger partial charge in [-0.25, -0.2) is 0 Å². The van der Waals surface area contributed by atoms with Crippen molar-refractivity contribution in [1.82, 2.24) is 15.1 Å². The molecule has 128 valence electrons. The molecule has 25 heavy (non-hydrogen) atoms. The fourth-order valence-corrected chi connectivity index (χ4v) is 2.51. The summed E-state index contributed by atoms with van der Waals surface area (Å²) in [6.07, 6.45) is 0. The highest BCUT2D eigenvalue weighted by atomic mass is 35.5. The standard InChI is InChI=1S/C18H16ClN3O3/c1-22(18(23)14-10-13(19)8-9-15(14)24-2)11-16-20-21-17(25-16)12-6-4-3-5-7-12/h3-10H,11H2,1-2H3. The molecule has 0 radical (unpaired) electrons. The van der Waals surface area contributed by atoms with Crippen LogP contribution in [0.2, 0.25) is 5.02 Å². The highest BCUT2D eigenvalue weighted by Gasteiger charge is 2.19. The SMILES string of the molecule is COc1ccc(Cl)cc1C(=O)N(C)Cc1nnc(-c2ccccc2)o1. The molecule has 0 N–H and O–H groups in total. The Hall–Kier alpha value is -2.86. The molecule has 0 saturated heterocycles. The summed E-state index contributed by atoms with van der Waals surface area (Å²) in [5.41, 5.74) is 1.20. The Morgan fingerprint density at radius 3 is 2.68 bits per heavy atom. The minimum absolute atomic E-state index is 0.175. The van der Waals surface area contributed by atoms with Gasteiger partial charge in [-0.05, 0) is 30.3 Å². The molecule has 0 saturated carbocycles. The number of hydrogen-bond donors (Lipinski definition) is 0. The van der Waals surface area contributed by atoms with Crippen LogP contribution < -0.4 is 4.74 Å². The molecule has 0 aliphatic heterocycles. The van der Waals surface area contributed by atoms with Gasteiger partial charge in [0, 0.05) is 17.6 Å². The fourth-order valence-electron chi connectivity index (χ4n) is 2.34. The van der Waals surface area contributed by atoms with Crippen LogP contribution in [0.3, 0.4) is 0 Å². The van der Waals surface area contributed by atoms with Crippen molar-refractivity contribution < 1.29 is 13.9 Å². The molecule has 1 aromatic heterocycles. The summed E-state index contributed by atoms with van der Waals surface area (Å²) in [4.78, 5) is 14.1. The van der Waals surface area contributed by atoms with E-state index >= 15 is 0 Å². The number of ether oxygens (including phenoxy) is 1. The van der Waals surface area contributed by atoms with Gasteiger partial charge in [0.15, 0.2) is 0 Å². The Morgan fingerprint density at radius 1 is 1.20 bits per heavy atom. The van der Waals surface area contributed by atoms with Crippen molar-refractivity contribution in [2.75, 3.05) is 14.2 Å². The van der Waals surface area contributed by atoms with Crippen molar-refractivity contribution in [2.24, 2.45) is 0 Å². The summed E-state index contributed by atoms with van der Waals surface area (Å²) in [5, 5.41) is 8.48. The van der Waals surface area contributed by atoms with Crippen LogP contribution in [0.15, 0.2) is 52.9 Å². The molecule has 0 unspecified atom stereocenters. The van der Waals surface area contributed by atoms with Crippen molar-refractivity contribution in [3.8, 4) is 17.2 Å². The van der Waals surface area contributed by atoms with E-state index in [1.54, 1.807) is 25.2 Å². The highest BCUT2D eigenvalue weighted by Crippen LogP contribution is 2.24. The predicted molar refractivity (Wildman–Crippen MR) is 93.5 cm³/mol. The monoisotopic (exact) mass is 357 g/mol. The van der Waals surface area contributed by atoms with Gasteiger partial charge >= 0.3 is 0 Å². The number of carbonyl (C=O) groups is 1. The van der Waals surface area contributed by atoms with Crippen molar-refractivity contribution >= 4 is 17.5 Å². The normalized spacial score (nSPS) is 10.5. The third kappa shape index (κ3) is 3.80. The van der Waals surface area contributed by atoms with Crippen LogP contribution in [-0.2, 0) is 6.54 Å². The van der Waals surface area contributed by atoms with Gasteiger partial charge in [-0.3, -0.25) is 4.79 Å². The van der Waals surface area contributed by atoms with E-state index in [1.807, 2.05) is 30.3 Å². The lowest BCUT2D eigenvalue weighted by atomic mass is 10.1. The van der Waals surface area contributed by atoms with Gasteiger partial charge in [-0.1, -0.05) is 29.8 Å². The van der Waals surface area contributed by atoms with E-state index in [0.717, 1.165) is 5.56 Å². The number of rotatable bonds is 5. The summed E-state index contributed by atoms with van der Waals surface area (Å²) in [6, 6.07) is 14.3. The van der Waals surface area contributed by atoms with Crippen LogP contribution in [0, 0.1) is 0 Å². The van der Waals surface area contributed by atoms with Crippen LogP contribution in [0.5, 0.6) is 5.75 Å². The molecule has 0 spiro atoms. The first-order chi connectivity index (χ1) is 12.1. The number of carbonyl (C=O) groups excluding carboxylic acids is 1. The highest BCUT2D eigenvalue weighted by molar-refractivity contribution is 6.31. The second-order valence-corrected chi connectivity index (χ2v) is 5.81. The molecule has 3 rings (SSSR count). The second kappa shape index (κ2) is 7.36. The maximum absolute atomic E-state index is 12.7. The van der Waals surface area contributed by atoms with Gasteiger partial charge < -0.3 is 14.1 Å². The van der Waals surface area contributed by atoms with Gasteiger partial charge in [0.25, 0.3) is 5.91 Å². The maximum Gasteiger partial charge on any atom is 0.257 e. The zero-order chi connectivity index (χ0) is 17.8. The number of benzene rings is 2. The van der Waals surface area contributed by atoms with E-state index in [-0.39, 0.29) is 12.5 Å². The van der Waals surface area contributed by atoms with E-state index in [1.165, 1.54) is 12.0 Å². The smallest absolute Gasteiger partial charge is 0.257 e. The predicted octanol–water partition coefficient (Wildman–Crippen LogP) is 3.67. The third-order valence-electron chi connectivity index (χ3n) is 3.60. The van der Waals surface area contributed by atoms with Gasteiger partial charge in [-0.2, -0.15) is 0 Å². The third-order valence-corrected chi connectivity index (χ3v) is 3.83. The van der Waals surface area contributed by atoms with E-state index in [0.29, 0.717) is 28.1 Å². The van der Waals surface area contributed by atoms with Crippen LogP contribution in [0.1, 0.15) is 16.2 Å². The molecule has 0 fully saturated rings. The lowest BCUT2D eigenvalue weighted by Gasteiger charge is -2.17. The molecule has 0 aliphatic rings. The lowest BCUT2D eigenvalue weighted by Crippen LogP contribution is -2.26. The van der Waals surface area contributed by atoms with E-state index < -0.39 is 0 Å². The van der Waals surface area contributed by atoms with E-state index in [4.69, 9.17) is 20.8 Å². The Labute approximate surface area is 150 Å². The summed E-state index contributed by atoms with van der Waals surface area (Å²) < 4.78 is 10.9. The summed E-state index contributed by atoms with van der Waals surface area (Å²) in [5.74, 6) is 0.961. The first kappa shape index (κ1) is 17.0. The Balaban J connectivity index is 1.76. The van der Waals surface area contributed by atoms with Crippen LogP contribution in [-0.4, -0.2) is 35.2 Å². The minimum Gasteiger partial charge on any atom is -0.496 e. The number of methoxy groups -OCH3 is 1. The summed E-state index contributed by atoms with van der Waals surface area (Å²) in [7, 11) is 3.15. The van der Waals surface area contributed by atoms with Gasteiger partial charge in [0.1, 0.15) is 5.75 Å². The van der Waals surface area contributed by atoms with E-state index in [2.05, 4.69) is 10.2 Å². The second-order valence-electron chi connectivity index (χ2n) is 5.37. The van der Waals surface area contributed by atoms with Crippen molar-refractivity contribution in [1.29, 1.82) is 0 Å². The Morgan fingerprint density at radius 2 is 1.96 bits per heavy atom. The maximum atomic E-state index is 12.7. The topological polar surface area (TPSA) is 68.5 Å². The molecule has 2 aromatic carbocycles. The Bertz CT molecular complexity index is 880. The molecule has 0 aliphatic carbocycles. The minimum atomic E-state index is -0.251. The number of nitrogens with zero attached hydrogens (tertiary/aromatic N) is 3. The molecule has 6 nitrogen and oxygen atoms in total. The van der Waals surface area contributed by atoms with Crippen LogP contribution in [0.4, 0.5) is 0 Å². The van der Waals surface area contributed by atoms with Gasteiger partial charge in [0.2, 0.25) is 11.8 Å². The van der Waals surface area contributed by atoms with Crippen LogP contribution in [0.25, 0.3) is 11.5 Å². The quantitative estimate of drug-likeness (QED) is 0.696. The molecule has 3 aromatic rings. The molecule has 0 atom stereocenters. The van der Waals surface area contributed by atoms with E-state index in [9.17, 15) is 4.79 Å². The number of aromatic nitrogens is 2. The van der Waals surface area contributed by atoms with Crippen molar-refractivity contribution in [2.45, 2.75) is 6.54 Å².